The van der Waals surface area contributed by atoms with Crippen molar-refractivity contribution in [2.45, 2.75) is 33.2 Å². The summed E-state index contributed by atoms with van der Waals surface area (Å²) in [5, 5.41) is 3.11. The number of rotatable bonds is 7. The van der Waals surface area contributed by atoms with Crippen LogP contribution >= 0.6 is 11.6 Å². The van der Waals surface area contributed by atoms with E-state index in [9.17, 15) is 13.2 Å². The van der Waals surface area contributed by atoms with Crippen molar-refractivity contribution in [3.05, 3.63) is 52.5 Å². The van der Waals surface area contributed by atoms with E-state index in [-0.39, 0.29) is 0 Å². The molecule has 0 heterocycles. The van der Waals surface area contributed by atoms with Gasteiger partial charge in [0.05, 0.1) is 24.1 Å². The molecule has 0 aliphatic rings. The van der Waals surface area contributed by atoms with Gasteiger partial charge in [0.15, 0.2) is 0 Å². The van der Waals surface area contributed by atoms with Crippen molar-refractivity contribution in [2.75, 3.05) is 23.0 Å². The first-order valence-electron chi connectivity index (χ1n) is 8.79. The van der Waals surface area contributed by atoms with E-state index in [1.54, 1.807) is 31.2 Å². The summed E-state index contributed by atoms with van der Waals surface area (Å²) >= 11 is 6.11. The first-order valence-corrected chi connectivity index (χ1v) is 11.0. The highest BCUT2D eigenvalue weighted by Crippen LogP contribution is 2.30. The van der Waals surface area contributed by atoms with E-state index >= 15 is 0 Å². The number of halogens is 1. The summed E-state index contributed by atoms with van der Waals surface area (Å²) in [6.45, 7) is 5.47. The van der Waals surface area contributed by atoms with Crippen LogP contribution in [0.5, 0.6) is 5.75 Å². The minimum absolute atomic E-state index is 0.302. The SMILES string of the molecule is CCC(C(=O)Nc1ccc(OC)c(Cl)c1)N(c1cc(C)ccc1C)S(C)(=O)=O. The molecule has 0 spiro atoms. The molecule has 2 rings (SSSR count). The van der Waals surface area contributed by atoms with Crippen LogP contribution in [0.15, 0.2) is 36.4 Å². The number of carbonyl (C=O) groups excluding carboxylic acids is 1. The number of nitrogens with zero attached hydrogens (tertiary/aromatic N) is 1. The van der Waals surface area contributed by atoms with Gasteiger partial charge in [-0.05, 0) is 55.7 Å². The number of ether oxygens (including phenoxy) is 1. The number of methoxy groups -OCH3 is 1. The van der Waals surface area contributed by atoms with Crippen LogP contribution < -0.4 is 14.4 Å². The average Bonchev–Trinajstić information content (AvgIpc) is 2.61. The second-order valence-electron chi connectivity index (χ2n) is 6.61. The van der Waals surface area contributed by atoms with E-state index in [0.717, 1.165) is 17.4 Å². The topological polar surface area (TPSA) is 75.7 Å². The standard InChI is InChI=1S/C20H25ClN2O4S/c1-6-17(20(24)22-15-9-10-19(27-4)16(21)12-15)23(28(5,25)26)18-11-13(2)7-8-14(18)3/h7-12,17H,6H2,1-5H3,(H,22,24). The zero-order chi connectivity index (χ0) is 21.1. The monoisotopic (exact) mass is 424 g/mol. The number of hydrogen-bond acceptors (Lipinski definition) is 4. The maximum absolute atomic E-state index is 13.0. The quantitative estimate of drug-likeness (QED) is 0.724. The molecule has 6 nitrogen and oxygen atoms in total. The highest BCUT2D eigenvalue weighted by molar-refractivity contribution is 7.92. The van der Waals surface area contributed by atoms with Crippen molar-refractivity contribution in [2.24, 2.45) is 0 Å². The van der Waals surface area contributed by atoms with Gasteiger partial charge in [0.1, 0.15) is 11.8 Å². The van der Waals surface area contributed by atoms with Crippen LogP contribution in [0.2, 0.25) is 5.02 Å². The highest BCUT2D eigenvalue weighted by Gasteiger charge is 2.32. The third-order valence-corrected chi connectivity index (χ3v) is 5.81. The zero-order valence-corrected chi connectivity index (χ0v) is 18.2. The van der Waals surface area contributed by atoms with Crippen LogP contribution in [0.1, 0.15) is 24.5 Å². The molecule has 0 fully saturated rings. The van der Waals surface area contributed by atoms with Crippen molar-refractivity contribution in [1.29, 1.82) is 0 Å². The molecule has 1 unspecified atom stereocenters. The number of nitrogens with one attached hydrogen (secondary N) is 1. The normalized spacial score (nSPS) is 12.4. The van der Waals surface area contributed by atoms with Crippen LogP contribution in [0, 0.1) is 13.8 Å². The number of amides is 1. The molecule has 0 saturated heterocycles. The van der Waals surface area contributed by atoms with Crippen molar-refractivity contribution < 1.29 is 17.9 Å². The van der Waals surface area contributed by atoms with Gasteiger partial charge in [-0.2, -0.15) is 0 Å². The van der Waals surface area contributed by atoms with E-state index in [4.69, 9.17) is 16.3 Å². The van der Waals surface area contributed by atoms with Gasteiger partial charge in [0.25, 0.3) is 0 Å². The molecule has 2 aromatic rings. The maximum Gasteiger partial charge on any atom is 0.248 e. The Morgan fingerprint density at radius 1 is 1.21 bits per heavy atom. The molecule has 0 radical (unpaired) electrons. The summed E-state index contributed by atoms with van der Waals surface area (Å²) in [5.74, 6) is 0.0509. The summed E-state index contributed by atoms with van der Waals surface area (Å²) in [6.07, 6.45) is 1.41. The van der Waals surface area contributed by atoms with E-state index in [1.165, 1.54) is 11.4 Å². The maximum atomic E-state index is 13.0. The predicted octanol–water partition coefficient (Wildman–Crippen LogP) is 4.15. The Morgan fingerprint density at radius 2 is 1.89 bits per heavy atom. The van der Waals surface area contributed by atoms with Crippen LogP contribution in [-0.2, 0) is 14.8 Å². The van der Waals surface area contributed by atoms with Crippen molar-refractivity contribution in [3.63, 3.8) is 0 Å². The highest BCUT2D eigenvalue weighted by atomic mass is 35.5. The number of benzene rings is 2. The minimum Gasteiger partial charge on any atom is -0.495 e. The second kappa shape index (κ2) is 8.84. The first kappa shape index (κ1) is 22.0. The predicted molar refractivity (Wildman–Crippen MR) is 114 cm³/mol. The largest absolute Gasteiger partial charge is 0.495 e. The van der Waals surface area contributed by atoms with E-state index in [2.05, 4.69) is 5.32 Å². The molecule has 0 bridgehead atoms. The number of carbonyl (C=O) groups is 1. The van der Waals surface area contributed by atoms with Gasteiger partial charge in [-0.1, -0.05) is 30.7 Å². The summed E-state index contributed by atoms with van der Waals surface area (Å²) in [6, 6.07) is 9.47. The van der Waals surface area contributed by atoms with Gasteiger partial charge in [-0.25, -0.2) is 8.42 Å². The first-order chi connectivity index (χ1) is 13.1. The molecular weight excluding hydrogens is 400 g/mol. The minimum atomic E-state index is -3.70. The lowest BCUT2D eigenvalue weighted by atomic mass is 10.1. The number of anilines is 2. The molecule has 152 valence electrons. The molecule has 0 saturated carbocycles. The Balaban J connectivity index is 2.42. The number of hydrogen-bond donors (Lipinski definition) is 1. The van der Waals surface area contributed by atoms with Crippen LogP contribution in [-0.4, -0.2) is 33.7 Å². The Hall–Kier alpha value is -2.25. The Kier molecular flexibility index (Phi) is 6.96. The van der Waals surface area contributed by atoms with E-state index in [1.807, 2.05) is 26.0 Å². The van der Waals surface area contributed by atoms with Crippen molar-refractivity contribution in [1.82, 2.24) is 0 Å². The fourth-order valence-corrected chi connectivity index (χ4v) is 4.48. The van der Waals surface area contributed by atoms with Gasteiger partial charge >= 0.3 is 0 Å². The fourth-order valence-electron chi connectivity index (χ4n) is 2.96. The molecule has 0 aromatic heterocycles. The second-order valence-corrected chi connectivity index (χ2v) is 8.88. The summed E-state index contributed by atoms with van der Waals surface area (Å²) in [5.41, 5.74) is 2.64. The van der Waals surface area contributed by atoms with Gasteiger partial charge in [-0.3, -0.25) is 9.10 Å². The van der Waals surface area contributed by atoms with Gasteiger partial charge in [0, 0.05) is 5.69 Å². The van der Waals surface area contributed by atoms with Crippen LogP contribution in [0.4, 0.5) is 11.4 Å². The van der Waals surface area contributed by atoms with Crippen molar-refractivity contribution >= 4 is 38.9 Å². The smallest absolute Gasteiger partial charge is 0.248 e. The third-order valence-electron chi connectivity index (χ3n) is 4.35. The van der Waals surface area contributed by atoms with E-state index < -0.39 is 22.0 Å². The summed E-state index contributed by atoms with van der Waals surface area (Å²) in [7, 11) is -2.20. The molecule has 2 aromatic carbocycles. The molecule has 0 aliphatic carbocycles. The van der Waals surface area contributed by atoms with Crippen LogP contribution in [0.3, 0.4) is 0 Å². The Morgan fingerprint density at radius 3 is 2.43 bits per heavy atom. The average molecular weight is 425 g/mol. The Bertz CT molecular complexity index is 976. The summed E-state index contributed by atoms with van der Waals surface area (Å²) < 4.78 is 31.5. The fraction of sp³-hybridized carbons (Fsp3) is 0.350. The molecular formula is C20H25ClN2O4S. The van der Waals surface area contributed by atoms with Gasteiger partial charge in [-0.15, -0.1) is 0 Å². The number of sulfonamides is 1. The number of aryl methyl sites for hydroxylation is 2. The molecule has 28 heavy (non-hydrogen) atoms. The molecule has 0 aliphatic heterocycles. The molecule has 1 N–H and O–H groups in total. The summed E-state index contributed by atoms with van der Waals surface area (Å²) in [4.78, 5) is 13.0. The third kappa shape index (κ3) is 4.97. The lowest BCUT2D eigenvalue weighted by Crippen LogP contribution is -2.47. The molecule has 1 atom stereocenters. The zero-order valence-electron chi connectivity index (χ0n) is 16.6. The van der Waals surface area contributed by atoms with Crippen LogP contribution in [0.25, 0.3) is 0 Å². The lowest BCUT2D eigenvalue weighted by Gasteiger charge is -2.31. The lowest BCUT2D eigenvalue weighted by molar-refractivity contribution is -0.117. The van der Waals surface area contributed by atoms with E-state index in [0.29, 0.717) is 28.6 Å². The Labute approximate surface area is 171 Å². The molecule has 1 amide bonds. The van der Waals surface area contributed by atoms with Crippen molar-refractivity contribution in [3.8, 4) is 5.75 Å². The van der Waals surface area contributed by atoms with Gasteiger partial charge in [0.2, 0.25) is 15.9 Å². The molecule has 8 heteroatoms. The van der Waals surface area contributed by atoms with Gasteiger partial charge < -0.3 is 10.1 Å².